The van der Waals surface area contributed by atoms with E-state index in [9.17, 15) is 4.39 Å². The van der Waals surface area contributed by atoms with Gasteiger partial charge in [0.2, 0.25) is 0 Å². The van der Waals surface area contributed by atoms with Gasteiger partial charge in [-0.2, -0.15) is 0 Å². The van der Waals surface area contributed by atoms with Crippen LogP contribution in [0, 0.1) is 6.92 Å². The Morgan fingerprint density at radius 3 is 2.75 bits per heavy atom. The van der Waals surface area contributed by atoms with Crippen molar-refractivity contribution in [2.24, 2.45) is 5.73 Å². The van der Waals surface area contributed by atoms with Crippen LogP contribution in [0.3, 0.4) is 0 Å². The molecule has 1 aromatic carbocycles. The van der Waals surface area contributed by atoms with Gasteiger partial charge in [0.1, 0.15) is 5.83 Å². The topological polar surface area (TPSA) is 43.8 Å². The first kappa shape index (κ1) is 20.6. The van der Waals surface area contributed by atoms with Crippen LogP contribution < -0.4 is 5.73 Å². The third-order valence-electron chi connectivity index (χ3n) is 4.72. The van der Waals surface area contributed by atoms with E-state index in [2.05, 4.69) is 49.6 Å². The van der Waals surface area contributed by atoms with E-state index in [0.717, 1.165) is 39.3 Å². The zero-order valence-electron chi connectivity index (χ0n) is 17.0. The van der Waals surface area contributed by atoms with E-state index in [1.165, 1.54) is 11.0 Å². The van der Waals surface area contributed by atoms with E-state index >= 15 is 0 Å². The molecule has 0 aliphatic carbocycles. The highest BCUT2D eigenvalue weighted by Crippen LogP contribution is 2.39. The number of hydrogen-bond acceptors (Lipinski definition) is 3. The molecule has 2 heterocycles. The van der Waals surface area contributed by atoms with E-state index in [-0.39, 0.29) is 24.8 Å². The van der Waals surface area contributed by atoms with Crippen molar-refractivity contribution in [2.45, 2.75) is 45.1 Å². The Labute approximate surface area is 170 Å². The third kappa shape index (κ3) is 4.15. The molecule has 0 fully saturated rings. The SMILES string of the molecule is CCSc1cccc(-c2c(C(C)C)n(C/C(F)=C/CN)c3ccc(C)nc23)c1. The van der Waals surface area contributed by atoms with Gasteiger partial charge < -0.3 is 10.3 Å². The molecule has 5 heteroatoms. The van der Waals surface area contributed by atoms with Crippen molar-refractivity contribution in [1.82, 2.24) is 9.55 Å². The summed E-state index contributed by atoms with van der Waals surface area (Å²) in [4.78, 5) is 6.08. The van der Waals surface area contributed by atoms with Crippen LogP contribution in [0.2, 0.25) is 0 Å². The highest BCUT2D eigenvalue weighted by atomic mass is 32.2. The molecule has 3 rings (SSSR count). The molecule has 0 radical (unpaired) electrons. The Hall–Kier alpha value is -2.11. The van der Waals surface area contributed by atoms with Crippen LogP contribution >= 0.6 is 11.8 Å². The first-order chi connectivity index (χ1) is 13.5. The van der Waals surface area contributed by atoms with Crippen molar-refractivity contribution < 1.29 is 4.39 Å². The number of benzene rings is 1. The number of fused-ring (bicyclic) bond motifs is 1. The van der Waals surface area contributed by atoms with Crippen molar-refractivity contribution in [3.63, 3.8) is 0 Å². The minimum Gasteiger partial charge on any atom is -0.336 e. The van der Waals surface area contributed by atoms with Gasteiger partial charge in [-0.05, 0) is 54.5 Å². The number of thioether (sulfide) groups is 1. The molecule has 2 aromatic heterocycles. The normalized spacial score (nSPS) is 12.3. The molecule has 148 valence electrons. The number of rotatable bonds is 7. The lowest BCUT2D eigenvalue weighted by Crippen LogP contribution is -2.07. The largest absolute Gasteiger partial charge is 0.336 e. The number of halogens is 1. The summed E-state index contributed by atoms with van der Waals surface area (Å²) in [6, 6.07) is 12.6. The van der Waals surface area contributed by atoms with Crippen LogP contribution in [-0.4, -0.2) is 21.8 Å². The van der Waals surface area contributed by atoms with Crippen LogP contribution in [0.15, 0.2) is 53.2 Å². The Kier molecular flexibility index (Phi) is 6.57. The van der Waals surface area contributed by atoms with E-state index < -0.39 is 0 Å². The summed E-state index contributed by atoms with van der Waals surface area (Å²) in [6.45, 7) is 8.82. The maximum absolute atomic E-state index is 14.5. The Balaban J connectivity index is 2.32. The average molecular weight is 398 g/mol. The summed E-state index contributed by atoms with van der Waals surface area (Å²) in [5.41, 5.74) is 11.7. The van der Waals surface area contributed by atoms with Gasteiger partial charge in [-0.15, -0.1) is 11.8 Å². The predicted octanol–water partition coefficient (Wildman–Crippen LogP) is 6.06. The fourth-order valence-corrected chi connectivity index (χ4v) is 4.36. The number of pyridine rings is 1. The molecule has 0 amide bonds. The third-order valence-corrected chi connectivity index (χ3v) is 5.59. The standard InChI is InChI=1S/C23H28FN3S/c1-5-28-19-8-6-7-17(13-19)21-22-20(10-9-16(4)26-22)27(23(21)15(2)3)14-18(24)11-12-25/h6-11,13,15H,5,12,14,25H2,1-4H3/b18-11-. The van der Waals surface area contributed by atoms with E-state index in [0.29, 0.717) is 0 Å². The van der Waals surface area contributed by atoms with Gasteiger partial charge in [0.15, 0.2) is 0 Å². The molecule has 0 saturated carbocycles. The molecular weight excluding hydrogens is 369 g/mol. The molecule has 3 nitrogen and oxygen atoms in total. The maximum Gasteiger partial charge on any atom is 0.117 e. The molecule has 0 aliphatic rings. The molecule has 0 atom stereocenters. The van der Waals surface area contributed by atoms with Crippen molar-refractivity contribution in [1.29, 1.82) is 0 Å². The summed E-state index contributed by atoms with van der Waals surface area (Å²) in [6.07, 6.45) is 1.44. The number of nitrogens with zero attached hydrogens (tertiary/aromatic N) is 2. The van der Waals surface area contributed by atoms with Crippen molar-refractivity contribution in [3.8, 4) is 11.1 Å². The molecular formula is C23H28FN3S. The zero-order chi connectivity index (χ0) is 20.3. The highest BCUT2D eigenvalue weighted by Gasteiger charge is 2.22. The molecule has 3 aromatic rings. The fraction of sp³-hybridized carbons (Fsp3) is 0.348. The number of allylic oxidation sites excluding steroid dienone is 1. The zero-order valence-corrected chi connectivity index (χ0v) is 17.8. The highest BCUT2D eigenvalue weighted by molar-refractivity contribution is 7.99. The van der Waals surface area contributed by atoms with Gasteiger partial charge in [0, 0.05) is 28.4 Å². The molecule has 2 N–H and O–H groups in total. The van der Waals surface area contributed by atoms with Gasteiger partial charge in [-0.1, -0.05) is 32.9 Å². The first-order valence-corrected chi connectivity index (χ1v) is 10.7. The summed E-state index contributed by atoms with van der Waals surface area (Å²) >= 11 is 1.82. The Morgan fingerprint density at radius 1 is 1.29 bits per heavy atom. The van der Waals surface area contributed by atoms with E-state index in [4.69, 9.17) is 10.7 Å². The number of nitrogens with two attached hydrogens (primary N) is 1. The second kappa shape index (κ2) is 8.93. The molecule has 0 unspecified atom stereocenters. The number of aromatic nitrogens is 2. The average Bonchev–Trinajstić information content (AvgIpc) is 2.96. The van der Waals surface area contributed by atoms with Crippen LogP contribution in [-0.2, 0) is 6.54 Å². The summed E-state index contributed by atoms with van der Waals surface area (Å²) in [5.74, 6) is 1.02. The molecule has 0 aliphatic heterocycles. The summed E-state index contributed by atoms with van der Waals surface area (Å²) in [7, 11) is 0. The van der Waals surface area contributed by atoms with Crippen molar-refractivity contribution in [3.05, 3.63) is 59.7 Å². The molecule has 0 spiro atoms. The van der Waals surface area contributed by atoms with Gasteiger partial charge in [-0.25, -0.2) is 4.39 Å². The fourth-order valence-electron chi connectivity index (χ4n) is 3.64. The van der Waals surface area contributed by atoms with Gasteiger partial charge in [-0.3, -0.25) is 4.98 Å². The van der Waals surface area contributed by atoms with E-state index in [1.807, 2.05) is 30.8 Å². The molecule has 28 heavy (non-hydrogen) atoms. The van der Waals surface area contributed by atoms with Crippen LogP contribution in [0.5, 0.6) is 0 Å². The maximum atomic E-state index is 14.5. The lowest BCUT2D eigenvalue weighted by atomic mass is 9.98. The smallest absolute Gasteiger partial charge is 0.117 e. The van der Waals surface area contributed by atoms with Gasteiger partial charge >= 0.3 is 0 Å². The second-order valence-corrected chi connectivity index (χ2v) is 8.51. The van der Waals surface area contributed by atoms with E-state index in [1.54, 1.807) is 0 Å². The van der Waals surface area contributed by atoms with Crippen LogP contribution in [0.4, 0.5) is 4.39 Å². The van der Waals surface area contributed by atoms with Crippen molar-refractivity contribution in [2.75, 3.05) is 12.3 Å². The van der Waals surface area contributed by atoms with Gasteiger partial charge in [0.25, 0.3) is 0 Å². The lowest BCUT2D eigenvalue weighted by molar-refractivity contribution is 0.546. The Morgan fingerprint density at radius 2 is 2.07 bits per heavy atom. The monoisotopic (exact) mass is 397 g/mol. The number of aryl methyl sites for hydroxylation is 1. The number of hydrogen-bond donors (Lipinski definition) is 1. The second-order valence-electron chi connectivity index (χ2n) is 7.17. The van der Waals surface area contributed by atoms with Crippen molar-refractivity contribution >= 4 is 22.8 Å². The van der Waals surface area contributed by atoms with Crippen LogP contribution in [0.25, 0.3) is 22.2 Å². The Bertz CT molecular complexity index is 1000. The molecule has 0 bridgehead atoms. The minimum atomic E-state index is -0.219. The predicted molar refractivity (Wildman–Crippen MR) is 119 cm³/mol. The lowest BCUT2D eigenvalue weighted by Gasteiger charge is -2.15. The molecule has 0 saturated heterocycles. The first-order valence-electron chi connectivity index (χ1n) is 9.73. The van der Waals surface area contributed by atoms with Crippen LogP contribution in [0.1, 0.15) is 38.1 Å². The van der Waals surface area contributed by atoms with Gasteiger partial charge in [0.05, 0.1) is 17.6 Å². The quantitative estimate of drug-likeness (QED) is 0.493. The summed E-state index contributed by atoms with van der Waals surface area (Å²) < 4.78 is 16.5. The summed E-state index contributed by atoms with van der Waals surface area (Å²) in [5, 5.41) is 0. The minimum absolute atomic E-state index is 0.176.